The molecular weight excluding hydrogens is 381 g/mol. The molecule has 4 nitrogen and oxygen atoms in total. The van der Waals surface area contributed by atoms with E-state index in [9.17, 15) is 13.5 Å². The molecule has 1 atom stereocenters. The monoisotopic (exact) mass is 393 g/mol. The van der Waals surface area contributed by atoms with Crippen molar-refractivity contribution >= 4 is 44.6 Å². The summed E-state index contributed by atoms with van der Waals surface area (Å²) in [5.74, 6) is -0.350. The zero-order chi connectivity index (χ0) is 17.2. The maximum atomic E-state index is 11.7. The molecule has 2 rings (SSSR count). The minimum absolute atomic E-state index is 0.0694. The van der Waals surface area contributed by atoms with Crippen LogP contribution >= 0.6 is 34.8 Å². The lowest BCUT2D eigenvalue weighted by atomic mass is 9.90. The van der Waals surface area contributed by atoms with Gasteiger partial charge in [0.2, 0.25) is 0 Å². The number of pyridine rings is 1. The molecule has 0 saturated carbocycles. The Bertz CT molecular complexity index is 825. The molecule has 124 valence electrons. The number of rotatable bonds is 5. The van der Waals surface area contributed by atoms with Gasteiger partial charge in [0.15, 0.2) is 9.84 Å². The van der Waals surface area contributed by atoms with E-state index in [-0.39, 0.29) is 22.6 Å². The third-order valence-electron chi connectivity index (χ3n) is 3.41. The topological polar surface area (TPSA) is 67.3 Å². The zero-order valence-electron chi connectivity index (χ0n) is 12.1. The average Bonchev–Trinajstić information content (AvgIpc) is 2.47. The Morgan fingerprint density at radius 3 is 2.43 bits per heavy atom. The van der Waals surface area contributed by atoms with Crippen LogP contribution in [0.15, 0.2) is 35.4 Å². The molecule has 0 fully saturated rings. The third-order valence-corrected chi connectivity index (χ3v) is 5.54. The van der Waals surface area contributed by atoms with E-state index in [0.717, 1.165) is 11.8 Å². The first-order chi connectivity index (χ1) is 10.7. The third kappa shape index (κ3) is 4.37. The Kier molecular flexibility index (Phi) is 5.92. The number of nitrogens with zero attached hydrogens (tertiary/aromatic N) is 1. The molecule has 1 unspecified atom stereocenters. The van der Waals surface area contributed by atoms with Gasteiger partial charge in [0, 0.05) is 25.0 Å². The summed E-state index contributed by atoms with van der Waals surface area (Å²) in [7, 11) is -3.42. The molecule has 0 aliphatic carbocycles. The molecule has 0 aliphatic rings. The number of aliphatic hydroxyl groups is 1. The molecule has 0 radical (unpaired) electrons. The van der Waals surface area contributed by atoms with E-state index in [0.29, 0.717) is 22.0 Å². The van der Waals surface area contributed by atoms with Gasteiger partial charge in [0.1, 0.15) is 5.15 Å². The van der Waals surface area contributed by atoms with E-state index in [4.69, 9.17) is 34.8 Å². The van der Waals surface area contributed by atoms with Crippen molar-refractivity contribution in [2.24, 2.45) is 0 Å². The van der Waals surface area contributed by atoms with Gasteiger partial charge < -0.3 is 5.11 Å². The van der Waals surface area contributed by atoms with Crippen LogP contribution in [0.3, 0.4) is 0 Å². The van der Waals surface area contributed by atoms with E-state index >= 15 is 0 Å². The molecule has 0 saturated heterocycles. The normalized spacial score (nSPS) is 13.1. The lowest BCUT2D eigenvalue weighted by molar-refractivity contribution is 0.281. The summed E-state index contributed by atoms with van der Waals surface area (Å²) in [6.45, 7) is -0.107. The van der Waals surface area contributed by atoms with Crippen LogP contribution in [0.2, 0.25) is 15.2 Å². The molecule has 0 spiro atoms. The maximum Gasteiger partial charge on any atom is 0.177 e. The predicted octanol–water partition coefficient (Wildman–Crippen LogP) is 3.96. The first kappa shape index (κ1) is 18.5. The van der Waals surface area contributed by atoms with Crippen LogP contribution in [0.25, 0.3) is 0 Å². The van der Waals surface area contributed by atoms with E-state index < -0.39 is 9.84 Å². The number of benzene rings is 1. The van der Waals surface area contributed by atoms with Gasteiger partial charge in [-0.3, -0.25) is 0 Å². The lowest BCUT2D eigenvalue weighted by Gasteiger charge is -2.19. The molecule has 23 heavy (non-hydrogen) atoms. The molecule has 0 amide bonds. The summed E-state index contributed by atoms with van der Waals surface area (Å²) in [5, 5.41) is 10.3. The highest BCUT2D eigenvalue weighted by Gasteiger charge is 2.21. The molecule has 0 aliphatic heterocycles. The smallest absolute Gasteiger partial charge is 0.177 e. The van der Waals surface area contributed by atoms with Gasteiger partial charge in [0.05, 0.1) is 14.9 Å². The summed E-state index contributed by atoms with van der Waals surface area (Å²) >= 11 is 18.1. The van der Waals surface area contributed by atoms with E-state index in [2.05, 4.69) is 4.98 Å². The van der Waals surface area contributed by atoms with Gasteiger partial charge in [-0.2, -0.15) is 0 Å². The van der Waals surface area contributed by atoms with E-state index in [1.165, 1.54) is 12.3 Å². The van der Waals surface area contributed by atoms with Gasteiger partial charge >= 0.3 is 0 Å². The Morgan fingerprint density at radius 1 is 1.17 bits per heavy atom. The van der Waals surface area contributed by atoms with Crippen molar-refractivity contribution < 1.29 is 13.5 Å². The lowest BCUT2D eigenvalue weighted by Crippen LogP contribution is -2.08. The molecule has 8 heteroatoms. The molecule has 1 N–H and O–H groups in total. The number of aliphatic hydroxyl groups excluding tert-OH is 1. The molecule has 2 aromatic rings. The van der Waals surface area contributed by atoms with Crippen molar-refractivity contribution in [2.45, 2.75) is 17.2 Å². The first-order valence-electron chi connectivity index (χ1n) is 6.65. The number of hydrogen-bond acceptors (Lipinski definition) is 4. The van der Waals surface area contributed by atoms with Gasteiger partial charge in [-0.25, -0.2) is 13.4 Å². The standard InChI is InChI=1S/C15H14Cl3NO3S/c1-23(21,22)10-7-12(15(18)19-8-10)11(4-5-20)9-2-3-13(16)14(17)6-9/h2-3,6-8,11,20H,4-5H2,1H3. The van der Waals surface area contributed by atoms with Crippen LogP contribution in [0.4, 0.5) is 0 Å². The van der Waals surface area contributed by atoms with E-state index in [1.54, 1.807) is 18.2 Å². The average molecular weight is 395 g/mol. The van der Waals surface area contributed by atoms with Gasteiger partial charge in [-0.05, 0) is 35.7 Å². The van der Waals surface area contributed by atoms with Crippen LogP contribution in [-0.2, 0) is 9.84 Å². The summed E-state index contributed by atoms with van der Waals surface area (Å²) in [5.41, 5.74) is 1.28. The fourth-order valence-corrected chi connectivity index (χ4v) is 3.38. The SMILES string of the molecule is CS(=O)(=O)c1cnc(Cl)c(C(CCO)c2ccc(Cl)c(Cl)c2)c1. The van der Waals surface area contributed by atoms with Crippen molar-refractivity contribution in [2.75, 3.05) is 12.9 Å². The molecule has 0 bridgehead atoms. The van der Waals surface area contributed by atoms with Crippen molar-refractivity contribution in [1.82, 2.24) is 4.98 Å². The Balaban J connectivity index is 2.59. The highest BCUT2D eigenvalue weighted by molar-refractivity contribution is 7.90. The highest BCUT2D eigenvalue weighted by atomic mass is 35.5. The quantitative estimate of drug-likeness (QED) is 0.779. The largest absolute Gasteiger partial charge is 0.396 e. The first-order valence-corrected chi connectivity index (χ1v) is 9.68. The molecule has 1 aromatic carbocycles. The number of sulfone groups is 1. The second-order valence-corrected chi connectivity index (χ2v) is 8.25. The second-order valence-electron chi connectivity index (χ2n) is 5.06. The molecular formula is C15H14Cl3NO3S. The fourth-order valence-electron chi connectivity index (χ4n) is 2.25. The molecule has 1 heterocycles. The second kappa shape index (κ2) is 7.36. The van der Waals surface area contributed by atoms with Gasteiger partial charge in [-0.1, -0.05) is 40.9 Å². The summed E-state index contributed by atoms with van der Waals surface area (Å²) < 4.78 is 23.5. The zero-order valence-corrected chi connectivity index (χ0v) is 15.2. The minimum Gasteiger partial charge on any atom is -0.396 e. The highest BCUT2D eigenvalue weighted by Crippen LogP contribution is 2.35. The Hall–Kier alpha value is -0.850. The van der Waals surface area contributed by atoms with Crippen molar-refractivity contribution in [3.8, 4) is 0 Å². The van der Waals surface area contributed by atoms with Crippen LogP contribution in [0.5, 0.6) is 0 Å². The summed E-state index contributed by atoms with van der Waals surface area (Å²) in [4.78, 5) is 4.03. The Labute approximate surface area is 149 Å². The number of halogens is 3. The van der Waals surface area contributed by atoms with Crippen LogP contribution in [-0.4, -0.2) is 31.4 Å². The van der Waals surface area contributed by atoms with Crippen molar-refractivity contribution in [1.29, 1.82) is 0 Å². The Morgan fingerprint density at radius 2 is 1.87 bits per heavy atom. The minimum atomic E-state index is -3.42. The predicted molar refractivity (Wildman–Crippen MR) is 92.4 cm³/mol. The van der Waals surface area contributed by atoms with Crippen molar-refractivity contribution in [3.63, 3.8) is 0 Å². The van der Waals surface area contributed by atoms with Gasteiger partial charge in [-0.15, -0.1) is 0 Å². The summed E-state index contributed by atoms with van der Waals surface area (Å²) in [6, 6.07) is 6.56. The maximum absolute atomic E-state index is 11.7. The van der Waals surface area contributed by atoms with Crippen LogP contribution in [0, 0.1) is 0 Å². The molecule has 1 aromatic heterocycles. The number of aromatic nitrogens is 1. The number of hydrogen-bond donors (Lipinski definition) is 1. The van der Waals surface area contributed by atoms with Crippen LogP contribution in [0.1, 0.15) is 23.5 Å². The van der Waals surface area contributed by atoms with Crippen LogP contribution < -0.4 is 0 Å². The van der Waals surface area contributed by atoms with E-state index in [1.807, 2.05) is 0 Å². The fraction of sp³-hybridized carbons (Fsp3) is 0.267. The van der Waals surface area contributed by atoms with Gasteiger partial charge in [0.25, 0.3) is 0 Å². The summed E-state index contributed by atoms with van der Waals surface area (Å²) in [6.07, 6.45) is 2.65. The van der Waals surface area contributed by atoms with Crippen molar-refractivity contribution in [3.05, 3.63) is 56.8 Å².